The first-order valence-corrected chi connectivity index (χ1v) is 8.47. The minimum atomic E-state index is -3.70. The molecule has 0 amide bonds. The zero-order chi connectivity index (χ0) is 15.4. The minimum Gasteiger partial charge on any atom is -0.396 e. The van der Waals surface area contributed by atoms with Gasteiger partial charge >= 0.3 is 0 Å². The largest absolute Gasteiger partial charge is 0.396 e. The molecule has 0 unspecified atom stereocenters. The molecule has 0 saturated heterocycles. The fraction of sp³-hybridized carbons (Fsp3) is 0.538. The SMILES string of the molecule is CC(C)(CCCO)CNS(=O)(=O)c1cc(Cl)ccc1Cl. The van der Waals surface area contributed by atoms with Crippen LogP contribution in [0.25, 0.3) is 0 Å². The first-order chi connectivity index (χ1) is 9.18. The van der Waals surface area contributed by atoms with Gasteiger partial charge < -0.3 is 5.11 Å². The van der Waals surface area contributed by atoms with Crippen molar-refractivity contribution in [2.45, 2.75) is 31.6 Å². The molecule has 0 spiro atoms. The lowest BCUT2D eigenvalue weighted by Crippen LogP contribution is -2.34. The number of hydrogen-bond acceptors (Lipinski definition) is 3. The monoisotopic (exact) mass is 339 g/mol. The fourth-order valence-corrected chi connectivity index (χ4v) is 3.70. The summed E-state index contributed by atoms with van der Waals surface area (Å²) in [6.07, 6.45) is 1.35. The van der Waals surface area contributed by atoms with E-state index >= 15 is 0 Å². The van der Waals surface area contributed by atoms with Gasteiger partial charge in [-0.1, -0.05) is 37.0 Å². The van der Waals surface area contributed by atoms with Gasteiger partial charge in [-0.3, -0.25) is 0 Å². The first-order valence-electron chi connectivity index (χ1n) is 6.23. The number of sulfonamides is 1. The van der Waals surface area contributed by atoms with E-state index in [9.17, 15) is 8.42 Å². The Kier molecular flexibility index (Phi) is 6.28. The smallest absolute Gasteiger partial charge is 0.242 e. The molecule has 0 aliphatic heterocycles. The van der Waals surface area contributed by atoms with Crippen molar-refractivity contribution in [2.24, 2.45) is 5.41 Å². The second-order valence-corrected chi connectivity index (χ2v) is 7.97. The van der Waals surface area contributed by atoms with Crippen LogP contribution in [0.15, 0.2) is 23.1 Å². The number of benzene rings is 1. The van der Waals surface area contributed by atoms with Crippen molar-refractivity contribution in [1.29, 1.82) is 0 Å². The molecule has 0 aliphatic rings. The molecule has 0 aromatic heterocycles. The number of nitrogens with one attached hydrogen (secondary N) is 1. The van der Waals surface area contributed by atoms with Gasteiger partial charge in [-0.05, 0) is 36.5 Å². The van der Waals surface area contributed by atoms with E-state index < -0.39 is 10.0 Å². The number of aliphatic hydroxyl groups excluding tert-OH is 1. The van der Waals surface area contributed by atoms with Crippen molar-refractivity contribution in [1.82, 2.24) is 4.72 Å². The van der Waals surface area contributed by atoms with E-state index in [0.717, 1.165) is 6.42 Å². The lowest BCUT2D eigenvalue weighted by atomic mass is 9.88. The molecule has 0 radical (unpaired) electrons. The molecule has 4 nitrogen and oxygen atoms in total. The highest BCUT2D eigenvalue weighted by atomic mass is 35.5. The van der Waals surface area contributed by atoms with Crippen LogP contribution in [0.4, 0.5) is 0 Å². The molecule has 0 fully saturated rings. The number of rotatable bonds is 7. The van der Waals surface area contributed by atoms with E-state index in [1.807, 2.05) is 13.8 Å². The molecule has 7 heteroatoms. The summed E-state index contributed by atoms with van der Waals surface area (Å²) in [5.41, 5.74) is -0.249. The van der Waals surface area contributed by atoms with Crippen molar-refractivity contribution in [2.75, 3.05) is 13.2 Å². The van der Waals surface area contributed by atoms with Gasteiger partial charge in [0.2, 0.25) is 10.0 Å². The Morgan fingerprint density at radius 1 is 1.30 bits per heavy atom. The molecule has 20 heavy (non-hydrogen) atoms. The summed E-state index contributed by atoms with van der Waals surface area (Å²) < 4.78 is 27.0. The number of hydrogen-bond donors (Lipinski definition) is 2. The third-order valence-corrected chi connectivity index (χ3v) is 5.05. The number of halogens is 2. The van der Waals surface area contributed by atoms with Gasteiger partial charge in [-0.2, -0.15) is 0 Å². The van der Waals surface area contributed by atoms with Crippen molar-refractivity contribution in [3.8, 4) is 0 Å². The normalized spacial score (nSPS) is 12.7. The van der Waals surface area contributed by atoms with Gasteiger partial charge in [0.25, 0.3) is 0 Å². The Bertz CT molecular complexity index is 559. The van der Waals surface area contributed by atoms with Crippen molar-refractivity contribution in [3.05, 3.63) is 28.2 Å². The first kappa shape index (κ1) is 17.7. The van der Waals surface area contributed by atoms with Gasteiger partial charge in [0.15, 0.2) is 0 Å². The zero-order valence-electron chi connectivity index (χ0n) is 11.5. The van der Waals surface area contributed by atoms with Crippen molar-refractivity contribution < 1.29 is 13.5 Å². The maximum atomic E-state index is 12.2. The molecule has 1 rings (SSSR count). The average Bonchev–Trinajstić information content (AvgIpc) is 2.37. The van der Waals surface area contributed by atoms with Crippen LogP contribution in [0.2, 0.25) is 10.0 Å². The second kappa shape index (κ2) is 7.09. The van der Waals surface area contributed by atoms with E-state index in [-0.39, 0.29) is 28.5 Å². The van der Waals surface area contributed by atoms with Crippen LogP contribution >= 0.6 is 23.2 Å². The Morgan fingerprint density at radius 3 is 2.55 bits per heavy atom. The Hall–Kier alpha value is -0.330. The van der Waals surface area contributed by atoms with Gasteiger partial charge in [-0.25, -0.2) is 13.1 Å². The summed E-state index contributed by atoms with van der Waals surface area (Å²) in [6, 6.07) is 4.32. The molecule has 1 aromatic rings. The molecule has 0 heterocycles. The van der Waals surface area contributed by atoms with Crippen molar-refractivity contribution in [3.63, 3.8) is 0 Å². The third-order valence-electron chi connectivity index (χ3n) is 2.94. The summed E-state index contributed by atoms with van der Waals surface area (Å²) in [5, 5.41) is 9.28. The van der Waals surface area contributed by atoms with Gasteiger partial charge in [0.05, 0.1) is 5.02 Å². The molecular formula is C13H19Cl2NO3S. The molecule has 114 valence electrons. The fourth-order valence-electron chi connectivity index (χ4n) is 1.70. The molecule has 0 saturated carbocycles. The average molecular weight is 340 g/mol. The quantitative estimate of drug-likeness (QED) is 0.802. The van der Waals surface area contributed by atoms with Gasteiger partial charge in [0, 0.05) is 18.2 Å². The third kappa shape index (κ3) is 5.22. The molecular weight excluding hydrogens is 321 g/mol. The summed E-state index contributed by atoms with van der Waals surface area (Å²) in [5.74, 6) is 0. The predicted molar refractivity (Wildman–Crippen MR) is 81.8 cm³/mol. The van der Waals surface area contributed by atoms with Crippen LogP contribution in [0.1, 0.15) is 26.7 Å². The highest BCUT2D eigenvalue weighted by Gasteiger charge is 2.23. The Morgan fingerprint density at radius 2 is 1.95 bits per heavy atom. The van der Waals surface area contributed by atoms with E-state index in [1.54, 1.807) is 0 Å². The predicted octanol–water partition coefficient (Wildman–Crippen LogP) is 3.07. The van der Waals surface area contributed by atoms with Crippen LogP contribution in [-0.4, -0.2) is 26.7 Å². The summed E-state index contributed by atoms with van der Waals surface area (Å²) in [7, 11) is -3.70. The van der Waals surface area contributed by atoms with E-state index in [0.29, 0.717) is 11.4 Å². The van der Waals surface area contributed by atoms with Gasteiger partial charge in [0.1, 0.15) is 4.90 Å². The van der Waals surface area contributed by atoms with E-state index in [4.69, 9.17) is 28.3 Å². The molecule has 0 bridgehead atoms. The van der Waals surface area contributed by atoms with Crippen LogP contribution < -0.4 is 4.72 Å². The molecule has 0 atom stereocenters. The highest BCUT2D eigenvalue weighted by molar-refractivity contribution is 7.89. The van der Waals surface area contributed by atoms with Crippen LogP contribution in [0.3, 0.4) is 0 Å². The van der Waals surface area contributed by atoms with E-state index in [1.165, 1.54) is 18.2 Å². The standard InChI is InChI=1S/C13H19Cl2NO3S/c1-13(2,6-3-7-17)9-16-20(18,19)12-8-10(14)4-5-11(12)15/h4-5,8,16-17H,3,6-7,9H2,1-2H3. The maximum absolute atomic E-state index is 12.2. The minimum absolute atomic E-state index is 0.0235. The zero-order valence-corrected chi connectivity index (χ0v) is 13.8. The van der Waals surface area contributed by atoms with Crippen LogP contribution in [-0.2, 0) is 10.0 Å². The van der Waals surface area contributed by atoms with Crippen LogP contribution in [0, 0.1) is 5.41 Å². The topological polar surface area (TPSA) is 66.4 Å². The lowest BCUT2D eigenvalue weighted by Gasteiger charge is -2.24. The molecule has 2 N–H and O–H groups in total. The summed E-state index contributed by atoms with van der Waals surface area (Å²) in [6.45, 7) is 4.23. The van der Waals surface area contributed by atoms with Gasteiger partial charge in [-0.15, -0.1) is 0 Å². The van der Waals surface area contributed by atoms with Crippen LogP contribution in [0.5, 0.6) is 0 Å². The summed E-state index contributed by atoms with van der Waals surface area (Å²) >= 11 is 11.7. The van der Waals surface area contributed by atoms with Crippen molar-refractivity contribution >= 4 is 33.2 Å². The second-order valence-electron chi connectivity index (χ2n) is 5.39. The van der Waals surface area contributed by atoms with E-state index in [2.05, 4.69) is 4.72 Å². The molecule has 0 aliphatic carbocycles. The maximum Gasteiger partial charge on any atom is 0.242 e. The Balaban J connectivity index is 2.83. The Labute approximate surface area is 130 Å². The highest BCUT2D eigenvalue weighted by Crippen LogP contribution is 2.26. The number of aliphatic hydroxyl groups is 1. The lowest BCUT2D eigenvalue weighted by molar-refractivity contribution is 0.242. The summed E-state index contributed by atoms with van der Waals surface area (Å²) in [4.78, 5) is -0.0235. The molecule has 1 aromatic carbocycles.